The topological polar surface area (TPSA) is 46.9 Å². The van der Waals surface area contributed by atoms with Gasteiger partial charge in [0.05, 0.1) is 5.25 Å². The van der Waals surface area contributed by atoms with Crippen molar-refractivity contribution >= 4 is 29.3 Å². The summed E-state index contributed by atoms with van der Waals surface area (Å²) in [5.74, 6) is 0.921. The molecule has 0 unspecified atom stereocenters. The first-order valence-electron chi connectivity index (χ1n) is 8.18. The molecule has 24 heavy (non-hydrogen) atoms. The second kappa shape index (κ2) is 7.62. The van der Waals surface area contributed by atoms with E-state index in [1.807, 2.05) is 48.1 Å². The van der Waals surface area contributed by atoms with E-state index in [4.69, 9.17) is 11.6 Å². The SMILES string of the molecule is C[C@H](SCc1ccc(Cl)cc1)C(=O)NCC1(Cn2cccn2)CC1. The standard InChI is InChI=1S/C18H22ClN3OS/c1-14(24-11-15-3-5-16(19)6-4-15)17(23)20-12-18(7-8-18)13-22-10-2-9-21-22/h2-6,9-10,14H,7-8,11-13H2,1H3,(H,20,23)/t14-/m0/s1. The van der Waals surface area contributed by atoms with Crippen molar-refractivity contribution in [3.05, 3.63) is 53.3 Å². The van der Waals surface area contributed by atoms with Gasteiger partial charge in [0.1, 0.15) is 0 Å². The third-order valence-corrected chi connectivity index (χ3v) is 5.90. The predicted octanol–water partition coefficient (Wildman–Crippen LogP) is 3.75. The molecule has 1 atom stereocenters. The first-order valence-corrected chi connectivity index (χ1v) is 9.60. The van der Waals surface area contributed by atoms with Crippen molar-refractivity contribution in [3.63, 3.8) is 0 Å². The van der Waals surface area contributed by atoms with Gasteiger partial charge in [0.25, 0.3) is 0 Å². The van der Waals surface area contributed by atoms with Gasteiger partial charge in [-0.15, -0.1) is 11.8 Å². The monoisotopic (exact) mass is 363 g/mol. The van der Waals surface area contributed by atoms with Gasteiger partial charge >= 0.3 is 0 Å². The van der Waals surface area contributed by atoms with Crippen LogP contribution in [0.15, 0.2) is 42.7 Å². The van der Waals surface area contributed by atoms with Gasteiger partial charge < -0.3 is 5.32 Å². The molecule has 2 aromatic rings. The van der Waals surface area contributed by atoms with Crippen molar-refractivity contribution in [2.75, 3.05) is 6.54 Å². The van der Waals surface area contributed by atoms with Gasteiger partial charge in [-0.2, -0.15) is 5.10 Å². The molecule has 1 amide bonds. The van der Waals surface area contributed by atoms with Crippen LogP contribution in [0.25, 0.3) is 0 Å². The Kier molecular flexibility index (Phi) is 5.51. The second-order valence-electron chi connectivity index (χ2n) is 6.50. The van der Waals surface area contributed by atoms with Crippen molar-refractivity contribution in [2.45, 2.75) is 37.3 Å². The van der Waals surface area contributed by atoms with E-state index in [9.17, 15) is 4.79 Å². The fourth-order valence-corrected chi connectivity index (χ4v) is 3.60. The van der Waals surface area contributed by atoms with E-state index < -0.39 is 0 Å². The number of thioether (sulfide) groups is 1. The number of hydrogen-bond donors (Lipinski definition) is 1. The molecular weight excluding hydrogens is 342 g/mol. The first-order chi connectivity index (χ1) is 11.6. The van der Waals surface area contributed by atoms with Crippen LogP contribution in [0.4, 0.5) is 0 Å². The van der Waals surface area contributed by atoms with E-state index in [-0.39, 0.29) is 16.6 Å². The van der Waals surface area contributed by atoms with Crippen molar-refractivity contribution in [3.8, 4) is 0 Å². The number of amides is 1. The summed E-state index contributed by atoms with van der Waals surface area (Å²) in [7, 11) is 0. The van der Waals surface area contributed by atoms with Crippen LogP contribution in [0.2, 0.25) is 5.02 Å². The minimum atomic E-state index is -0.0684. The Labute approximate surface area is 152 Å². The van der Waals surface area contributed by atoms with Crippen LogP contribution in [0, 0.1) is 5.41 Å². The van der Waals surface area contributed by atoms with Crippen molar-refractivity contribution in [1.82, 2.24) is 15.1 Å². The Hall–Kier alpha value is -1.46. The maximum atomic E-state index is 12.3. The largest absolute Gasteiger partial charge is 0.355 e. The van der Waals surface area contributed by atoms with E-state index in [1.54, 1.807) is 18.0 Å². The molecule has 1 fully saturated rings. The molecule has 0 spiro atoms. The van der Waals surface area contributed by atoms with Gasteiger partial charge in [0, 0.05) is 41.7 Å². The lowest BCUT2D eigenvalue weighted by atomic mass is 10.1. The number of nitrogens with zero attached hydrogens (tertiary/aromatic N) is 2. The minimum Gasteiger partial charge on any atom is -0.355 e. The summed E-state index contributed by atoms with van der Waals surface area (Å²) in [4.78, 5) is 12.3. The molecule has 1 N–H and O–H groups in total. The third kappa shape index (κ3) is 4.77. The van der Waals surface area contributed by atoms with Gasteiger partial charge in [-0.1, -0.05) is 23.7 Å². The lowest BCUT2D eigenvalue weighted by Gasteiger charge is -2.18. The molecule has 1 saturated carbocycles. The fraction of sp³-hybridized carbons (Fsp3) is 0.444. The highest BCUT2D eigenvalue weighted by molar-refractivity contribution is 7.99. The van der Waals surface area contributed by atoms with E-state index in [2.05, 4.69) is 10.4 Å². The number of benzene rings is 1. The highest BCUT2D eigenvalue weighted by atomic mass is 35.5. The highest BCUT2D eigenvalue weighted by Gasteiger charge is 2.43. The molecule has 1 aromatic heterocycles. The maximum Gasteiger partial charge on any atom is 0.232 e. The van der Waals surface area contributed by atoms with Gasteiger partial charge in [-0.25, -0.2) is 0 Å². The fourth-order valence-electron chi connectivity index (χ4n) is 2.60. The van der Waals surface area contributed by atoms with Crippen molar-refractivity contribution < 1.29 is 4.79 Å². The number of carbonyl (C=O) groups excluding carboxylic acids is 1. The normalized spacial score (nSPS) is 16.6. The molecule has 3 rings (SSSR count). The summed E-state index contributed by atoms with van der Waals surface area (Å²) in [6, 6.07) is 9.71. The van der Waals surface area contributed by atoms with Crippen LogP contribution in [0.1, 0.15) is 25.3 Å². The molecule has 1 aliphatic carbocycles. The number of carbonyl (C=O) groups is 1. The maximum absolute atomic E-state index is 12.3. The minimum absolute atomic E-state index is 0.0684. The Morgan fingerprint density at radius 2 is 2.17 bits per heavy atom. The van der Waals surface area contributed by atoms with Crippen molar-refractivity contribution in [1.29, 1.82) is 0 Å². The molecule has 1 heterocycles. The third-order valence-electron chi connectivity index (χ3n) is 4.43. The zero-order chi connectivity index (χ0) is 17.0. The number of aromatic nitrogens is 2. The van der Waals surface area contributed by atoms with Crippen LogP contribution < -0.4 is 5.32 Å². The molecule has 128 valence electrons. The Morgan fingerprint density at radius 3 is 2.79 bits per heavy atom. The van der Waals surface area contributed by atoms with E-state index in [1.165, 1.54) is 5.56 Å². The molecule has 0 bridgehead atoms. The van der Waals surface area contributed by atoms with Gasteiger partial charge in [0.15, 0.2) is 0 Å². The van der Waals surface area contributed by atoms with Crippen molar-refractivity contribution in [2.24, 2.45) is 5.41 Å². The highest BCUT2D eigenvalue weighted by Crippen LogP contribution is 2.46. The summed E-state index contributed by atoms with van der Waals surface area (Å²) in [6.07, 6.45) is 6.08. The summed E-state index contributed by atoms with van der Waals surface area (Å²) < 4.78 is 1.96. The molecule has 4 nitrogen and oxygen atoms in total. The Morgan fingerprint density at radius 1 is 1.42 bits per heavy atom. The lowest BCUT2D eigenvalue weighted by Crippen LogP contribution is -2.36. The molecule has 1 aromatic carbocycles. The molecular formula is C18H22ClN3OS. The summed E-state index contributed by atoms with van der Waals surface area (Å²) in [6.45, 7) is 3.58. The van der Waals surface area contributed by atoms with Gasteiger partial charge in [-0.3, -0.25) is 9.48 Å². The zero-order valence-electron chi connectivity index (χ0n) is 13.7. The molecule has 0 radical (unpaired) electrons. The van der Waals surface area contributed by atoms with Gasteiger partial charge in [0.2, 0.25) is 5.91 Å². The zero-order valence-corrected chi connectivity index (χ0v) is 15.3. The smallest absolute Gasteiger partial charge is 0.232 e. The van der Waals surface area contributed by atoms with Crippen LogP contribution in [0.3, 0.4) is 0 Å². The Bertz CT molecular complexity index is 668. The second-order valence-corrected chi connectivity index (χ2v) is 8.27. The molecule has 0 saturated heterocycles. The average Bonchev–Trinajstić information content (AvgIpc) is 3.15. The molecule has 6 heteroatoms. The van der Waals surface area contributed by atoms with Gasteiger partial charge in [-0.05, 0) is 43.5 Å². The van der Waals surface area contributed by atoms with E-state index in [0.29, 0.717) is 0 Å². The first kappa shape index (κ1) is 17.4. The average molecular weight is 364 g/mol. The number of rotatable bonds is 8. The summed E-state index contributed by atoms with van der Waals surface area (Å²) in [5.41, 5.74) is 1.38. The quantitative estimate of drug-likeness (QED) is 0.776. The van der Waals surface area contributed by atoms with Crippen LogP contribution in [-0.2, 0) is 17.1 Å². The molecule has 1 aliphatic rings. The van der Waals surface area contributed by atoms with Crippen LogP contribution >= 0.6 is 23.4 Å². The lowest BCUT2D eigenvalue weighted by molar-refractivity contribution is -0.120. The molecule has 0 aliphatic heterocycles. The summed E-state index contributed by atoms with van der Waals surface area (Å²) >= 11 is 7.54. The number of halogens is 1. The van der Waals surface area contributed by atoms with Crippen LogP contribution in [0.5, 0.6) is 0 Å². The van der Waals surface area contributed by atoms with Crippen LogP contribution in [-0.4, -0.2) is 27.5 Å². The number of hydrogen-bond acceptors (Lipinski definition) is 3. The summed E-state index contributed by atoms with van der Waals surface area (Å²) in [5, 5.41) is 8.05. The Balaban J connectivity index is 1.42. The van der Waals surface area contributed by atoms with E-state index >= 15 is 0 Å². The predicted molar refractivity (Wildman–Crippen MR) is 99.1 cm³/mol. The number of nitrogens with one attached hydrogen (secondary N) is 1. The van der Waals surface area contributed by atoms with E-state index in [0.717, 1.165) is 36.7 Å².